The summed E-state index contributed by atoms with van der Waals surface area (Å²) in [5, 5.41) is 22.1. The molecule has 1 saturated heterocycles. The molecule has 0 radical (unpaired) electrons. The molecule has 0 spiro atoms. The first-order chi connectivity index (χ1) is 15.4. The summed E-state index contributed by atoms with van der Waals surface area (Å²) in [4.78, 5) is 11.7. The third-order valence-corrected chi connectivity index (χ3v) is 5.91. The summed E-state index contributed by atoms with van der Waals surface area (Å²) in [7, 11) is 0. The predicted molar refractivity (Wildman–Crippen MR) is 117 cm³/mol. The number of hydrogen-bond donors (Lipinski definition) is 3. The maximum atomic E-state index is 13.3. The number of likely N-dealkylation sites (tertiary alicyclic amines) is 1. The normalized spacial score (nSPS) is 18.0. The smallest absolute Gasteiger partial charge is 0.386 e. The summed E-state index contributed by atoms with van der Waals surface area (Å²) in [6, 6.07) is 12.6. The van der Waals surface area contributed by atoms with Crippen molar-refractivity contribution < 1.29 is 32.6 Å². The van der Waals surface area contributed by atoms with Gasteiger partial charge in [-0.3, -0.25) is 9.69 Å². The number of carbonyl (C=O) groups excluding carboxylic acids is 1. The van der Waals surface area contributed by atoms with Crippen molar-refractivity contribution in [2.24, 2.45) is 0 Å². The number of alkyl halides is 6. The maximum absolute atomic E-state index is 13.3. The standard InChI is InChI=1S/C22H22Cl2F4N2O3/c23-19(24)20(32)29-17(9-25)18(31)16-7-5-15(6-8-16)14-3-1-13(2-4-14)10-30-11-21(33,12-30)22(26,27)28/h1-8,17-19,31,33H,9-12H2,(H,29,32)/t17-,18-/m1/s1. The Labute approximate surface area is 197 Å². The lowest BCUT2D eigenvalue weighted by molar-refractivity contribution is -0.302. The van der Waals surface area contributed by atoms with Crippen LogP contribution in [0.2, 0.25) is 0 Å². The SMILES string of the molecule is O=C(N[C@H](CF)[C@H](O)c1ccc(-c2ccc(CN3CC(O)(C(F)(F)F)C3)cc2)cc1)C(Cl)Cl. The molecular formula is C22H22Cl2F4N2O3. The molecular weight excluding hydrogens is 487 g/mol. The van der Waals surface area contributed by atoms with E-state index in [4.69, 9.17) is 23.2 Å². The number of aliphatic hydroxyl groups excluding tert-OH is 1. The minimum Gasteiger partial charge on any atom is -0.386 e. The average molecular weight is 509 g/mol. The highest BCUT2D eigenvalue weighted by Gasteiger charge is 2.60. The highest BCUT2D eigenvalue weighted by Crippen LogP contribution is 2.38. The fraction of sp³-hybridized carbons (Fsp3) is 0.409. The largest absolute Gasteiger partial charge is 0.419 e. The Morgan fingerprint density at radius 1 is 1.06 bits per heavy atom. The van der Waals surface area contributed by atoms with Gasteiger partial charge in [0.25, 0.3) is 5.91 Å². The van der Waals surface area contributed by atoms with Crippen molar-refractivity contribution in [1.82, 2.24) is 10.2 Å². The molecule has 180 valence electrons. The fourth-order valence-electron chi connectivity index (χ4n) is 3.60. The number of aliphatic hydroxyl groups is 2. The summed E-state index contributed by atoms with van der Waals surface area (Å²) in [5.74, 6) is -0.807. The van der Waals surface area contributed by atoms with Crippen molar-refractivity contribution >= 4 is 29.1 Å². The number of nitrogens with one attached hydrogen (secondary N) is 1. The van der Waals surface area contributed by atoms with Gasteiger partial charge in [-0.1, -0.05) is 71.7 Å². The van der Waals surface area contributed by atoms with Crippen LogP contribution < -0.4 is 5.32 Å². The Kier molecular flexibility index (Phi) is 7.91. The molecule has 1 aliphatic heterocycles. The molecule has 2 aromatic rings. The van der Waals surface area contributed by atoms with E-state index in [-0.39, 0.29) is 6.54 Å². The number of rotatable bonds is 8. The van der Waals surface area contributed by atoms with Crippen LogP contribution in [0.4, 0.5) is 17.6 Å². The molecule has 3 N–H and O–H groups in total. The van der Waals surface area contributed by atoms with Crippen LogP contribution in [-0.2, 0) is 11.3 Å². The van der Waals surface area contributed by atoms with Gasteiger partial charge in [0.2, 0.25) is 0 Å². The van der Waals surface area contributed by atoms with Gasteiger partial charge < -0.3 is 15.5 Å². The average Bonchev–Trinajstić information content (AvgIpc) is 2.75. The third-order valence-electron chi connectivity index (χ3n) is 5.52. The van der Waals surface area contributed by atoms with Crippen molar-refractivity contribution in [3.63, 3.8) is 0 Å². The summed E-state index contributed by atoms with van der Waals surface area (Å²) in [6.45, 7) is -1.66. The van der Waals surface area contributed by atoms with Crippen molar-refractivity contribution in [2.45, 2.75) is 35.3 Å². The van der Waals surface area contributed by atoms with Crippen LogP contribution in [0.3, 0.4) is 0 Å². The van der Waals surface area contributed by atoms with Gasteiger partial charge in [0.1, 0.15) is 12.8 Å². The van der Waals surface area contributed by atoms with Crippen molar-refractivity contribution in [1.29, 1.82) is 0 Å². The zero-order chi connectivity index (χ0) is 24.4. The third kappa shape index (κ3) is 5.96. The van der Waals surface area contributed by atoms with Gasteiger partial charge in [-0.25, -0.2) is 4.39 Å². The summed E-state index contributed by atoms with van der Waals surface area (Å²) < 4.78 is 51.5. The molecule has 1 heterocycles. The number of carbonyl (C=O) groups is 1. The Bertz CT molecular complexity index is 950. The molecule has 1 amide bonds. The van der Waals surface area contributed by atoms with Crippen LogP contribution in [0.15, 0.2) is 48.5 Å². The van der Waals surface area contributed by atoms with E-state index in [2.05, 4.69) is 5.32 Å². The summed E-state index contributed by atoms with van der Waals surface area (Å²) in [6.07, 6.45) is -5.95. The second kappa shape index (κ2) is 10.1. The second-order valence-electron chi connectivity index (χ2n) is 8.01. The van der Waals surface area contributed by atoms with Crippen LogP contribution in [-0.4, -0.2) is 63.4 Å². The van der Waals surface area contributed by atoms with Gasteiger partial charge in [0, 0.05) is 19.6 Å². The topological polar surface area (TPSA) is 72.8 Å². The van der Waals surface area contributed by atoms with E-state index in [0.717, 1.165) is 16.7 Å². The van der Waals surface area contributed by atoms with Crippen molar-refractivity contribution in [3.8, 4) is 11.1 Å². The molecule has 0 aromatic heterocycles. The monoisotopic (exact) mass is 508 g/mol. The Morgan fingerprint density at radius 3 is 2.03 bits per heavy atom. The molecule has 1 aliphatic rings. The van der Waals surface area contributed by atoms with E-state index < -0.39 is 54.4 Å². The lowest BCUT2D eigenvalue weighted by Crippen LogP contribution is -2.68. The Hall–Kier alpha value is -1.91. The summed E-state index contributed by atoms with van der Waals surface area (Å²) in [5.41, 5.74) is 0.175. The van der Waals surface area contributed by atoms with Gasteiger partial charge in [0.05, 0.1) is 6.04 Å². The van der Waals surface area contributed by atoms with Gasteiger partial charge in [-0.15, -0.1) is 0 Å². The number of amides is 1. The van der Waals surface area contributed by atoms with E-state index in [0.29, 0.717) is 5.56 Å². The number of β-amino-alcohol motifs (C(OH)–C–C–N with tert-alkyl or cyclic N) is 1. The molecule has 0 aliphatic carbocycles. The van der Waals surface area contributed by atoms with Crippen LogP contribution >= 0.6 is 23.2 Å². The Morgan fingerprint density at radius 2 is 1.58 bits per heavy atom. The summed E-state index contributed by atoms with van der Waals surface area (Å²) >= 11 is 10.9. The molecule has 0 unspecified atom stereocenters. The first-order valence-electron chi connectivity index (χ1n) is 9.97. The van der Waals surface area contributed by atoms with E-state index in [1.165, 1.54) is 4.90 Å². The van der Waals surface area contributed by atoms with Crippen molar-refractivity contribution in [2.75, 3.05) is 19.8 Å². The van der Waals surface area contributed by atoms with E-state index in [1.807, 2.05) is 12.1 Å². The number of halogens is 6. The molecule has 0 bridgehead atoms. The molecule has 5 nitrogen and oxygen atoms in total. The first-order valence-corrected chi connectivity index (χ1v) is 10.8. The zero-order valence-electron chi connectivity index (χ0n) is 17.2. The minimum absolute atomic E-state index is 0.283. The molecule has 2 atom stereocenters. The molecule has 2 aromatic carbocycles. The molecule has 11 heteroatoms. The zero-order valence-corrected chi connectivity index (χ0v) is 18.7. The maximum Gasteiger partial charge on any atom is 0.419 e. The van der Waals surface area contributed by atoms with Crippen molar-refractivity contribution in [3.05, 3.63) is 59.7 Å². The second-order valence-corrected chi connectivity index (χ2v) is 9.10. The predicted octanol–water partition coefficient (Wildman–Crippen LogP) is 3.75. The number of nitrogens with zero attached hydrogens (tertiary/aromatic N) is 1. The Balaban J connectivity index is 1.60. The minimum atomic E-state index is -4.64. The fourth-order valence-corrected chi connectivity index (χ4v) is 3.72. The van der Waals surface area contributed by atoms with E-state index >= 15 is 0 Å². The van der Waals surface area contributed by atoms with E-state index in [9.17, 15) is 32.6 Å². The van der Waals surface area contributed by atoms with Crippen LogP contribution in [0.1, 0.15) is 17.2 Å². The quantitative estimate of drug-likeness (QED) is 0.375. The van der Waals surface area contributed by atoms with Crippen LogP contribution in [0.25, 0.3) is 11.1 Å². The molecule has 0 saturated carbocycles. The molecule has 1 fully saturated rings. The highest BCUT2D eigenvalue weighted by molar-refractivity contribution is 6.53. The van der Waals surface area contributed by atoms with Gasteiger partial charge in [-0.05, 0) is 22.3 Å². The van der Waals surface area contributed by atoms with Gasteiger partial charge >= 0.3 is 6.18 Å². The number of benzene rings is 2. The van der Waals surface area contributed by atoms with Gasteiger partial charge in [-0.2, -0.15) is 13.2 Å². The molecule has 33 heavy (non-hydrogen) atoms. The lowest BCUT2D eigenvalue weighted by atomic mass is 9.92. The first kappa shape index (κ1) is 25.7. The molecule has 3 rings (SSSR count). The van der Waals surface area contributed by atoms with Crippen LogP contribution in [0, 0.1) is 0 Å². The van der Waals surface area contributed by atoms with Crippen LogP contribution in [0.5, 0.6) is 0 Å². The van der Waals surface area contributed by atoms with E-state index in [1.54, 1.807) is 36.4 Å². The lowest BCUT2D eigenvalue weighted by Gasteiger charge is -2.47. The number of hydrogen-bond acceptors (Lipinski definition) is 4. The highest BCUT2D eigenvalue weighted by atomic mass is 35.5. The van der Waals surface area contributed by atoms with Gasteiger partial charge in [0.15, 0.2) is 10.4 Å².